The number of nitrogens with zero attached hydrogens (tertiary/aromatic N) is 1. The van der Waals surface area contributed by atoms with Crippen molar-refractivity contribution in [3.05, 3.63) is 59.4 Å². The van der Waals surface area contributed by atoms with Crippen LogP contribution in [0.3, 0.4) is 0 Å². The van der Waals surface area contributed by atoms with Gasteiger partial charge in [0, 0.05) is 36.2 Å². The maximum Gasteiger partial charge on any atom is 0.127 e. The summed E-state index contributed by atoms with van der Waals surface area (Å²) in [5.74, 6) is 1.44. The van der Waals surface area contributed by atoms with Crippen LogP contribution in [0.15, 0.2) is 42.5 Å². The van der Waals surface area contributed by atoms with Crippen molar-refractivity contribution in [1.29, 1.82) is 0 Å². The van der Waals surface area contributed by atoms with E-state index >= 15 is 0 Å². The molecular formula is C24H30FNO3. The number of hydrogen-bond acceptors (Lipinski definition) is 4. The number of hydrogen-bond donors (Lipinski definition) is 1. The monoisotopic (exact) mass is 399 g/mol. The van der Waals surface area contributed by atoms with Gasteiger partial charge in [-0.05, 0) is 43.5 Å². The zero-order valence-corrected chi connectivity index (χ0v) is 17.2. The third-order valence-electron chi connectivity index (χ3n) is 6.76. The third-order valence-corrected chi connectivity index (χ3v) is 6.76. The number of halogens is 1. The van der Waals surface area contributed by atoms with Crippen LogP contribution in [0.2, 0.25) is 0 Å². The fourth-order valence-corrected chi connectivity index (χ4v) is 5.25. The Labute approximate surface area is 172 Å². The van der Waals surface area contributed by atoms with Crippen molar-refractivity contribution < 1.29 is 19.0 Å². The van der Waals surface area contributed by atoms with Crippen LogP contribution in [-0.2, 0) is 6.54 Å². The van der Waals surface area contributed by atoms with Gasteiger partial charge in [-0.25, -0.2) is 4.39 Å². The number of benzene rings is 2. The van der Waals surface area contributed by atoms with Crippen molar-refractivity contribution in [2.75, 3.05) is 20.8 Å². The molecule has 2 aromatic rings. The van der Waals surface area contributed by atoms with E-state index in [0.29, 0.717) is 18.7 Å². The normalized spacial score (nSPS) is 27.3. The van der Waals surface area contributed by atoms with E-state index in [4.69, 9.17) is 9.47 Å². The van der Waals surface area contributed by atoms with E-state index in [1.54, 1.807) is 20.3 Å². The highest BCUT2D eigenvalue weighted by atomic mass is 19.1. The van der Waals surface area contributed by atoms with Gasteiger partial charge in [0.15, 0.2) is 0 Å². The van der Waals surface area contributed by atoms with E-state index in [1.807, 2.05) is 30.3 Å². The van der Waals surface area contributed by atoms with Crippen LogP contribution >= 0.6 is 0 Å². The van der Waals surface area contributed by atoms with Crippen LogP contribution in [0.25, 0.3) is 0 Å². The molecular weight excluding hydrogens is 369 g/mol. The lowest BCUT2D eigenvalue weighted by Gasteiger charge is -2.53. The highest BCUT2D eigenvalue weighted by Crippen LogP contribution is 2.51. The predicted octanol–water partition coefficient (Wildman–Crippen LogP) is 4.71. The molecule has 29 heavy (non-hydrogen) atoms. The largest absolute Gasteiger partial charge is 0.497 e. The zero-order chi connectivity index (χ0) is 20.4. The molecule has 3 atom stereocenters. The summed E-state index contributed by atoms with van der Waals surface area (Å²) in [7, 11) is 3.32. The Morgan fingerprint density at radius 3 is 2.69 bits per heavy atom. The number of ether oxygens (including phenoxy) is 2. The van der Waals surface area contributed by atoms with E-state index in [2.05, 4.69) is 4.90 Å². The Morgan fingerprint density at radius 2 is 1.93 bits per heavy atom. The number of rotatable bonds is 5. The zero-order valence-electron chi connectivity index (χ0n) is 17.2. The molecule has 2 fully saturated rings. The first kappa shape index (κ1) is 20.2. The molecule has 0 aromatic heterocycles. The lowest BCUT2D eigenvalue weighted by molar-refractivity contribution is -0.126. The Hall–Kier alpha value is -2.11. The molecule has 1 aliphatic heterocycles. The van der Waals surface area contributed by atoms with Crippen LogP contribution in [0.1, 0.15) is 49.3 Å². The fourth-order valence-electron chi connectivity index (χ4n) is 5.25. The Morgan fingerprint density at radius 1 is 1.10 bits per heavy atom. The van der Waals surface area contributed by atoms with E-state index in [9.17, 15) is 9.50 Å². The first-order valence-corrected chi connectivity index (χ1v) is 10.5. The van der Waals surface area contributed by atoms with Crippen LogP contribution in [0, 0.1) is 11.7 Å². The highest BCUT2D eigenvalue weighted by Gasteiger charge is 2.49. The van der Waals surface area contributed by atoms with E-state index in [0.717, 1.165) is 49.2 Å². The average Bonchev–Trinajstić information content (AvgIpc) is 2.74. The minimum atomic E-state index is -0.678. The van der Waals surface area contributed by atoms with Crippen LogP contribution in [0.4, 0.5) is 4.39 Å². The minimum Gasteiger partial charge on any atom is -0.497 e. The van der Waals surface area contributed by atoms with E-state index < -0.39 is 5.60 Å². The first-order valence-electron chi connectivity index (χ1n) is 10.5. The SMILES string of the molecule is COc1ccc(OC)c([C@@H]2[C@@H]3CCCC[C@]3(O)CCN2Cc2ccccc2F)c1. The molecule has 2 aliphatic rings. The van der Waals surface area contributed by atoms with Crippen molar-refractivity contribution in [2.24, 2.45) is 5.92 Å². The topological polar surface area (TPSA) is 41.9 Å². The standard InChI is InChI=1S/C24H30FNO3/c1-28-18-10-11-22(29-2)19(15-18)23-20-8-5-6-12-24(20,27)13-14-26(23)16-17-7-3-4-9-21(17)25/h3-4,7,9-11,15,20,23,27H,5-6,8,12-14,16H2,1-2H3/t20-,23+,24-/m0/s1. The molecule has 1 heterocycles. The summed E-state index contributed by atoms with van der Waals surface area (Å²) in [6, 6.07) is 12.7. The van der Waals surface area contributed by atoms with Gasteiger partial charge < -0.3 is 14.6 Å². The third kappa shape index (κ3) is 3.86. The van der Waals surface area contributed by atoms with Gasteiger partial charge in [-0.2, -0.15) is 0 Å². The molecule has 156 valence electrons. The molecule has 0 bridgehead atoms. The molecule has 4 nitrogen and oxygen atoms in total. The lowest BCUT2D eigenvalue weighted by atomic mass is 9.66. The minimum absolute atomic E-state index is 0.0568. The fraction of sp³-hybridized carbons (Fsp3) is 0.500. The van der Waals surface area contributed by atoms with Crippen molar-refractivity contribution in [1.82, 2.24) is 4.90 Å². The summed E-state index contributed by atoms with van der Waals surface area (Å²) in [6.45, 7) is 1.22. The highest BCUT2D eigenvalue weighted by molar-refractivity contribution is 5.43. The summed E-state index contributed by atoms with van der Waals surface area (Å²) in [4.78, 5) is 2.31. The lowest BCUT2D eigenvalue weighted by Crippen LogP contribution is -2.54. The van der Waals surface area contributed by atoms with Gasteiger partial charge in [0.25, 0.3) is 0 Å². The second-order valence-corrected chi connectivity index (χ2v) is 8.32. The molecule has 1 saturated heterocycles. The van der Waals surface area contributed by atoms with Gasteiger partial charge in [0.1, 0.15) is 17.3 Å². The number of fused-ring (bicyclic) bond motifs is 1. The molecule has 0 unspecified atom stereocenters. The number of aliphatic hydroxyl groups is 1. The van der Waals surface area contributed by atoms with Gasteiger partial charge >= 0.3 is 0 Å². The van der Waals surface area contributed by atoms with E-state index in [1.165, 1.54) is 6.07 Å². The molecule has 2 aromatic carbocycles. The predicted molar refractivity (Wildman–Crippen MR) is 111 cm³/mol. The second-order valence-electron chi connectivity index (χ2n) is 8.32. The van der Waals surface area contributed by atoms with Crippen LogP contribution < -0.4 is 9.47 Å². The van der Waals surface area contributed by atoms with Gasteiger partial charge in [0.2, 0.25) is 0 Å². The Balaban J connectivity index is 1.78. The summed E-state index contributed by atoms with van der Waals surface area (Å²) in [5, 5.41) is 11.5. The summed E-state index contributed by atoms with van der Waals surface area (Å²) in [5.41, 5.74) is 1.01. The average molecular weight is 400 g/mol. The van der Waals surface area contributed by atoms with Crippen LogP contribution in [0.5, 0.6) is 11.5 Å². The van der Waals surface area contributed by atoms with Crippen molar-refractivity contribution in [3.8, 4) is 11.5 Å². The molecule has 1 saturated carbocycles. The smallest absolute Gasteiger partial charge is 0.127 e. The van der Waals surface area contributed by atoms with Crippen molar-refractivity contribution in [3.63, 3.8) is 0 Å². The van der Waals surface area contributed by atoms with Gasteiger partial charge in [-0.15, -0.1) is 0 Å². The first-order chi connectivity index (χ1) is 14.1. The molecule has 4 rings (SSSR count). The number of likely N-dealkylation sites (tertiary alicyclic amines) is 1. The number of methoxy groups -OCH3 is 2. The molecule has 5 heteroatoms. The summed E-state index contributed by atoms with van der Waals surface area (Å²) >= 11 is 0. The van der Waals surface area contributed by atoms with E-state index in [-0.39, 0.29) is 17.8 Å². The van der Waals surface area contributed by atoms with Crippen molar-refractivity contribution >= 4 is 0 Å². The molecule has 1 N–H and O–H groups in total. The molecule has 0 spiro atoms. The maximum absolute atomic E-state index is 14.4. The molecule has 0 amide bonds. The Kier molecular flexibility index (Phi) is 5.79. The van der Waals surface area contributed by atoms with Gasteiger partial charge in [-0.3, -0.25) is 4.90 Å². The number of piperidine rings is 1. The maximum atomic E-state index is 14.4. The van der Waals surface area contributed by atoms with Crippen LogP contribution in [-0.4, -0.2) is 36.4 Å². The quantitative estimate of drug-likeness (QED) is 0.791. The van der Waals surface area contributed by atoms with Gasteiger partial charge in [0.05, 0.1) is 19.8 Å². The summed E-state index contributed by atoms with van der Waals surface area (Å²) in [6.07, 6.45) is 4.66. The molecule has 0 radical (unpaired) electrons. The Bertz CT molecular complexity index is 858. The van der Waals surface area contributed by atoms with Gasteiger partial charge in [-0.1, -0.05) is 31.0 Å². The molecule has 1 aliphatic carbocycles. The van der Waals surface area contributed by atoms with Crippen molar-refractivity contribution in [2.45, 2.75) is 50.3 Å². The second kappa shape index (κ2) is 8.33. The summed E-state index contributed by atoms with van der Waals surface area (Å²) < 4.78 is 25.6.